The van der Waals surface area contributed by atoms with E-state index in [2.05, 4.69) is 4.90 Å². The molecule has 2 aliphatic heterocycles. The topological polar surface area (TPSA) is 34.8 Å². The Morgan fingerprint density at radius 2 is 2.19 bits per heavy atom. The van der Waals surface area contributed by atoms with Crippen molar-refractivity contribution in [1.29, 1.82) is 0 Å². The Morgan fingerprint density at radius 3 is 2.95 bits per heavy atom. The van der Waals surface area contributed by atoms with Gasteiger partial charge in [-0.2, -0.15) is 0 Å². The van der Waals surface area contributed by atoms with Crippen LogP contribution in [-0.2, 0) is 16.0 Å². The van der Waals surface area contributed by atoms with Gasteiger partial charge in [-0.05, 0) is 43.6 Å². The summed E-state index contributed by atoms with van der Waals surface area (Å²) < 4.78 is 17.1. The Morgan fingerprint density at radius 1 is 1.29 bits per heavy atom. The largest absolute Gasteiger partial charge is 0.472 e. The maximum atomic E-state index is 6.11. The molecule has 3 heterocycles. The average molecular weight is 291 g/mol. The van der Waals surface area contributed by atoms with Crippen LogP contribution < -0.4 is 0 Å². The number of hydrogen-bond donors (Lipinski definition) is 0. The second kappa shape index (κ2) is 5.75. The summed E-state index contributed by atoms with van der Waals surface area (Å²) in [5, 5.41) is 0. The van der Waals surface area contributed by atoms with E-state index in [1.165, 1.54) is 24.8 Å². The van der Waals surface area contributed by atoms with Crippen LogP contribution in [-0.4, -0.2) is 43.4 Å². The molecule has 1 atom stereocenters. The van der Waals surface area contributed by atoms with Gasteiger partial charge in [0.2, 0.25) is 0 Å². The molecule has 116 valence electrons. The highest BCUT2D eigenvalue weighted by Gasteiger charge is 2.52. The van der Waals surface area contributed by atoms with Crippen molar-refractivity contribution in [2.75, 3.05) is 32.9 Å². The molecule has 2 saturated heterocycles. The quantitative estimate of drug-likeness (QED) is 0.724. The normalized spacial score (nSPS) is 28.1. The van der Waals surface area contributed by atoms with Crippen molar-refractivity contribution in [2.24, 2.45) is 11.8 Å². The van der Waals surface area contributed by atoms with Crippen molar-refractivity contribution in [3.63, 3.8) is 0 Å². The highest BCUT2D eigenvalue weighted by molar-refractivity contribution is 5.10. The van der Waals surface area contributed by atoms with Gasteiger partial charge in [-0.1, -0.05) is 0 Å². The molecule has 4 nitrogen and oxygen atoms in total. The van der Waals surface area contributed by atoms with Crippen molar-refractivity contribution >= 4 is 0 Å². The van der Waals surface area contributed by atoms with Crippen molar-refractivity contribution in [1.82, 2.24) is 4.90 Å². The fourth-order valence-corrected chi connectivity index (χ4v) is 3.77. The average Bonchev–Trinajstić information content (AvgIpc) is 2.96. The Hall–Kier alpha value is -0.840. The molecule has 1 aromatic heterocycles. The maximum Gasteiger partial charge on any atom is 0.0964 e. The van der Waals surface area contributed by atoms with Crippen LogP contribution in [0, 0.1) is 11.8 Å². The lowest BCUT2D eigenvalue weighted by Crippen LogP contribution is -2.64. The van der Waals surface area contributed by atoms with Gasteiger partial charge >= 0.3 is 0 Å². The fraction of sp³-hybridized carbons (Fsp3) is 0.765. The molecule has 1 aliphatic carbocycles. The van der Waals surface area contributed by atoms with Crippen LogP contribution in [0.2, 0.25) is 0 Å². The molecule has 4 heteroatoms. The first-order valence-electron chi connectivity index (χ1n) is 8.29. The van der Waals surface area contributed by atoms with E-state index in [1.807, 2.05) is 12.3 Å². The molecule has 3 aliphatic rings. The lowest BCUT2D eigenvalue weighted by molar-refractivity contribution is -0.139. The van der Waals surface area contributed by atoms with Gasteiger partial charge in [-0.3, -0.25) is 4.90 Å². The van der Waals surface area contributed by atoms with Crippen LogP contribution in [0.3, 0.4) is 0 Å². The SMILES string of the molecule is c1cc(CN2CC3(C2)OCCC3CCOCC2CC2)co1. The summed E-state index contributed by atoms with van der Waals surface area (Å²) >= 11 is 0. The van der Waals surface area contributed by atoms with Crippen molar-refractivity contribution < 1.29 is 13.9 Å². The van der Waals surface area contributed by atoms with Gasteiger partial charge in [0, 0.05) is 45.0 Å². The Balaban J connectivity index is 1.22. The predicted octanol–water partition coefficient (Wildman–Crippen LogP) is 2.69. The van der Waals surface area contributed by atoms with Crippen molar-refractivity contribution in [3.05, 3.63) is 24.2 Å². The molecule has 0 amide bonds. The Kier molecular flexibility index (Phi) is 3.78. The van der Waals surface area contributed by atoms with E-state index in [0.29, 0.717) is 5.92 Å². The molecule has 0 radical (unpaired) electrons. The molecule has 1 spiro atoms. The van der Waals surface area contributed by atoms with E-state index < -0.39 is 0 Å². The summed E-state index contributed by atoms with van der Waals surface area (Å²) in [6, 6.07) is 2.05. The molecule has 0 bridgehead atoms. The van der Waals surface area contributed by atoms with Crippen LogP contribution in [0.5, 0.6) is 0 Å². The van der Waals surface area contributed by atoms with Gasteiger partial charge in [0.15, 0.2) is 0 Å². The predicted molar refractivity (Wildman–Crippen MR) is 78.9 cm³/mol. The highest BCUT2D eigenvalue weighted by Crippen LogP contribution is 2.42. The third-order valence-corrected chi connectivity index (χ3v) is 5.23. The zero-order valence-corrected chi connectivity index (χ0v) is 12.6. The zero-order chi connectivity index (χ0) is 14.1. The van der Waals surface area contributed by atoms with Crippen LogP contribution in [0.4, 0.5) is 0 Å². The Bertz CT molecular complexity index is 449. The maximum absolute atomic E-state index is 6.11. The molecule has 0 N–H and O–H groups in total. The first-order chi connectivity index (χ1) is 10.3. The van der Waals surface area contributed by atoms with E-state index >= 15 is 0 Å². The van der Waals surface area contributed by atoms with Crippen molar-refractivity contribution in [2.45, 2.75) is 37.8 Å². The molecule has 4 rings (SSSR count). The second-order valence-electron chi connectivity index (χ2n) is 6.98. The number of hydrogen-bond acceptors (Lipinski definition) is 4. The van der Waals surface area contributed by atoms with Crippen LogP contribution >= 0.6 is 0 Å². The number of nitrogens with zero attached hydrogens (tertiary/aromatic N) is 1. The van der Waals surface area contributed by atoms with Crippen LogP contribution in [0.25, 0.3) is 0 Å². The van der Waals surface area contributed by atoms with Crippen LogP contribution in [0.1, 0.15) is 31.2 Å². The smallest absolute Gasteiger partial charge is 0.0964 e. The number of furan rings is 1. The standard InChI is InChI=1S/C17H25NO3/c1-2-14(1)10-20-7-4-16-5-8-21-17(16)12-18(13-17)9-15-3-6-19-11-15/h3,6,11,14,16H,1-2,4-5,7-10,12-13H2. The second-order valence-corrected chi connectivity index (χ2v) is 6.98. The third kappa shape index (κ3) is 3.03. The fourth-order valence-electron chi connectivity index (χ4n) is 3.77. The van der Waals surface area contributed by atoms with Gasteiger partial charge < -0.3 is 13.9 Å². The van der Waals surface area contributed by atoms with Gasteiger partial charge in [-0.25, -0.2) is 0 Å². The van der Waals surface area contributed by atoms with E-state index in [9.17, 15) is 0 Å². The summed E-state index contributed by atoms with van der Waals surface area (Å²) in [5.74, 6) is 1.55. The van der Waals surface area contributed by atoms with E-state index in [0.717, 1.165) is 51.8 Å². The van der Waals surface area contributed by atoms with Crippen LogP contribution in [0.15, 0.2) is 23.0 Å². The number of likely N-dealkylation sites (tertiary alicyclic amines) is 1. The van der Waals surface area contributed by atoms with Gasteiger partial charge in [0.25, 0.3) is 0 Å². The molecule has 1 aromatic rings. The number of ether oxygens (including phenoxy) is 2. The minimum atomic E-state index is 0.118. The first kappa shape index (κ1) is 13.8. The lowest BCUT2D eigenvalue weighted by atomic mass is 9.79. The van der Waals surface area contributed by atoms with Gasteiger partial charge in [0.1, 0.15) is 0 Å². The Labute approximate surface area is 126 Å². The van der Waals surface area contributed by atoms with E-state index in [4.69, 9.17) is 13.9 Å². The molecule has 0 aromatic carbocycles. The summed E-state index contributed by atoms with van der Waals surface area (Å²) in [6.45, 7) is 5.91. The van der Waals surface area contributed by atoms with Gasteiger partial charge in [0.05, 0.1) is 18.1 Å². The van der Waals surface area contributed by atoms with E-state index in [1.54, 1.807) is 6.26 Å². The molecule has 1 unspecified atom stereocenters. The monoisotopic (exact) mass is 291 g/mol. The summed E-state index contributed by atoms with van der Waals surface area (Å²) in [5.41, 5.74) is 1.37. The molecule has 1 saturated carbocycles. The first-order valence-corrected chi connectivity index (χ1v) is 8.29. The minimum absolute atomic E-state index is 0.118. The van der Waals surface area contributed by atoms with E-state index in [-0.39, 0.29) is 5.60 Å². The third-order valence-electron chi connectivity index (χ3n) is 5.23. The summed E-state index contributed by atoms with van der Waals surface area (Å²) in [6.07, 6.45) is 8.69. The highest BCUT2D eigenvalue weighted by atomic mass is 16.5. The zero-order valence-electron chi connectivity index (χ0n) is 12.6. The van der Waals surface area contributed by atoms with Gasteiger partial charge in [-0.15, -0.1) is 0 Å². The summed E-state index contributed by atoms with van der Waals surface area (Å²) in [4.78, 5) is 2.45. The minimum Gasteiger partial charge on any atom is -0.472 e. The number of rotatable bonds is 7. The molecule has 21 heavy (non-hydrogen) atoms. The van der Waals surface area contributed by atoms with Crippen molar-refractivity contribution in [3.8, 4) is 0 Å². The summed E-state index contributed by atoms with van der Waals surface area (Å²) in [7, 11) is 0. The lowest BCUT2D eigenvalue weighted by Gasteiger charge is -2.50. The molecular weight excluding hydrogens is 266 g/mol. The molecule has 3 fully saturated rings. The molecular formula is C17H25NO3.